The Morgan fingerprint density at radius 2 is 2.00 bits per heavy atom. The van der Waals surface area contributed by atoms with Gasteiger partial charge in [0.25, 0.3) is 0 Å². The van der Waals surface area contributed by atoms with Crippen LogP contribution in [0.5, 0.6) is 0 Å². The third-order valence-corrected chi connectivity index (χ3v) is 5.18. The molecule has 2 fully saturated rings. The number of β-amino-alcohol motifs (C(OH)–C–C–N with tert-alkyl or cyclic N) is 1. The van der Waals surface area contributed by atoms with E-state index in [4.69, 9.17) is 19.8 Å². The second kappa shape index (κ2) is 8.16. The number of nitrogens with one attached hydrogen (secondary N) is 1. The number of anilines is 2. The number of aliphatic hydroxyl groups excluding tert-OH is 1. The summed E-state index contributed by atoms with van der Waals surface area (Å²) in [5.74, 6) is 1.67. The first-order valence-electron chi connectivity index (χ1n) is 9.54. The highest BCUT2D eigenvalue weighted by molar-refractivity contribution is 5.90. The molecular weight excluding hydrogens is 330 g/mol. The SMILES string of the molecule is OCCN1CCN(c2nc(NC[C@@H]3CCCO3)c3ccccc3n2)CC1. The molecule has 2 aliphatic heterocycles. The lowest BCUT2D eigenvalue weighted by molar-refractivity contribution is 0.120. The Bertz CT molecular complexity index is 727. The average molecular weight is 357 g/mol. The first kappa shape index (κ1) is 17.5. The van der Waals surface area contributed by atoms with E-state index in [0.29, 0.717) is 0 Å². The summed E-state index contributed by atoms with van der Waals surface area (Å²) in [6.45, 7) is 6.20. The van der Waals surface area contributed by atoms with Gasteiger partial charge < -0.3 is 20.1 Å². The predicted octanol–water partition coefficient (Wildman–Crippen LogP) is 1.33. The fourth-order valence-corrected chi connectivity index (χ4v) is 3.67. The Hall–Kier alpha value is -1.96. The highest BCUT2D eigenvalue weighted by atomic mass is 16.5. The van der Waals surface area contributed by atoms with Gasteiger partial charge in [0.2, 0.25) is 5.95 Å². The number of ether oxygens (including phenoxy) is 1. The van der Waals surface area contributed by atoms with E-state index in [1.165, 1.54) is 0 Å². The molecule has 0 aliphatic carbocycles. The zero-order valence-corrected chi connectivity index (χ0v) is 15.1. The number of rotatable bonds is 6. The number of hydrogen-bond acceptors (Lipinski definition) is 7. The highest BCUT2D eigenvalue weighted by Gasteiger charge is 2.21. The molecule has 0 bridgehead atoms. The van der Waals surface area contributed by atoms with Gasteiger partial charge >= 0.3 is 0 Å². The van der Waals surface area contributed by atoms with Crippen molar-refractivity contribution in [2.24, 2.45) is 0 Å². The van der Waals surface area contributed by atoms with Gasteiger partial charge in [0.1, 0.15) is 5.82 Å². The molecule has 1 aromatic carbocycles. The van der Waals surface area contributed by atoms with Crippen molar-refractivity contribution in [1.29, 1.82) is 0 Å². The molecule has 2 aliphatic rings. The van der Waals surface area contributed by atoms with E-state index in [0.717, 1.165) is 81.4 Å². The van der Waals surface area contributed by atoms with Crippen molar-refractivity contribution in [1.82, 2.24) is 14.9 Å². The van der Waals surface area contributed by atoms with Crippen LogP contribution >= 0.6 is 0 Å². The molecule has 2 saturated heterocycles. The van der Waals surface area contributed by atoms with Crippen molar-refractivity contribution in [2.45, 2.75) is 18.9 Å². The minimum absolute atomic E-state index is 0.212. The van der Waals surface area contributed by atoms with Crippen molar-refractivity contribution in [3.8, 4) is 0 Å². The molecular formula is C19H27N5O2. The van der Waals surface area contributed by atoms with E-state index < -0.39 is 0 Å². The maximum Gasteiger partial charge on any atom is 0.227 e. The van der Waals surface area contributed by atoms with Crippen molar-refractivity contribution in [2.75, 3.05) is 62.7 Å². The van der Waals surface area contributed by atoms with Crippen LogP contribution in [0.4, 0.5) is 11.8 Å². The summed E-state index contributed by atoms with van der Waals surface area (Å²) in [7, 11) is 0. The summed E-state index contributed by atoms with van der Waals surface area (Å²) in [5.41, 5.74) is 0.963. The summed E-state index contributed by atoms with van der Waals surface area (Å²) in [6, 6.07) is 8.15. The number of piperazine rings is 1. The van der Waals surface area contributed by atoms with Crippen molar-refractivity contribution in [3.63, 3.8) is 0 Å². The van der Waals surface area contributed by atoms with Crippen LogP contribution in [0.3, 0.4) is 0 Å². The molecule has 2 aromatic rings. The molecule has 0 saturated carbocycles. The van der Waals surface area contributed by atoms with Crippen LogP contribution in [0.2, 0.25) is 0 Å². The third kappa shape index (κ3) is 3.90. The highest BCUT2D eigenvalue weighted by Crippen LogP contribution is 2.24. The zero-order valence-electron chi connectivity index (χ0n) is 15.1. The van der Waals surface area contributed by atoms with Gasteiger partial charge in [-0.05, 0) is 25.0 Å². The van der Waals surface area contributed by atoms with E-state index in [2.05, 4.69) is 21.2 Å². The summed E-state index contributed by atoms with van der Waals surface area (Å²) < 4.78 is 5.73. The Kier molecular flexibility index (Phi) is 5.48. The molecule has 0 unspecified atom stereocenters. The minimum atomic E-state index is 0.212. The largest absolute Gasteiger partial charge is 0.395 e. The van der Waals surface area contributed by atoms with E-state index in [9.17, 15) is 0 Å². The van der Waals surface area contributed by atoms with Gasteiger partial charge in [0, 0.05) is 51.3 Å². The molecule has 0 radical (unpaired) electrons. The van der Waals surface area contributed by atoms with Gasteiger partial charge in [0.15, 0.2) is 0 Å². The van der Waals surface area contributed by atoms with Gasteiger partial charge in [-0.15, -0.1) is 0 Å². The fourth-order valence-electron chi connectivity index (χ4n) is 3.67. The number of fused-ring (bicyclic) bond motifs is 1. The molecule has 1 aromatic heterocycles. The number of para-hydroxylation sites is 1. The Morgan fingerprint density at radius 3 is 2.77 bits per heavy atom. The van der Waals surface area contributed by atoms with E-state index in [-0.39, 0.29) is 12.7 Å². The normalized spacial score (nSPS) is 21.4. The standard InChI is InChI=1S/C19H27N5O2/c25-12-11-23-7-9-24(10-8-23)19-21-17-6-2-1-5-16(17)18(22-19)20-14-15-4-3-13-26-15/h1-2,5-6,15,25H,3-4,7-14H2,(H,20,21,22)/t15-/m0/s1. The van der Waals surface area contributed by atoms with E-state index >= 15 is 0 Å². The van der Waals surface area contributed by atoms with Crippen LogP contribution in [-0.4, -0.2) is 78.6 Å². The Morgan fingerprint density at radius 1 is 1.15 bits per heavy atom. The van der Waals surface area contributed by atoms with Crippen LogP contribution in [0.1, 0.15) is 12.8 Å². The van der Waals surface area contributed by atoms with Crippen molar-refractivity contribution in [3.05, 3.63) is 24.3 Å². The second-order valence-corrected chi connectivity index (χ2v) is 6.96. The fraction of sp³-hybridized carbons (Fsp3) is 0.579. The number of hydrogen-bond donors (Lipinski definition) is 2. The molecule has 0 spiro atoms. The summed E-state index contributed by atoms with van der Waals surface area (Å²) >= 11 is 0. The van der Waals surface area contributed by atoms with Gasteiger partial charge in [-0.25, -0.2) is 4.98 Å². The average Bonchev–Trinajstić information content (AvgIpc) is 3.20. The summed E-state index contributed by atoms with van der Waals surface area (Å²) in [6.07, 6.45) is 2.52. The van der Waals surface area contributed by atoms with Crippen molar-refractivity contribution < 1.29 is 9.84 Å². The topological polar surface area (TPSA) is 73.8 Å². The summed E-state index contributed by atoms with van der Waals surface area (Å²) in [4.78, 5) is 14.1. The van der Waals surface area contributed by atoms with Crippen LogP contribution in [0, 0.1) is 0 Å². The number of nitrogens with zero attached hydrogens (tertiary/aromatic N) is 4. The maximum atomic E-state index is 9.11. The van der Waals surface area contributed by atoms with E-state index in [1.807, 2.05) is 18.2 Å². The molecule has 140 valence electrons. The second-order valence-electron chi connectivity index (χ2n) is 6.96. The van der Waals surface area contributed by atoms with Gasteiger partial charge in [-0.3, -0.25) is 4.90 Å². The molecule has 7 heteroatoms. The minimum Gasteiger partial charge on any atom is -0.395 e. The molecule has 26 heavy (non-hydrogen) atoms. The monoisotopic (exact) mass is 357 g/mol. The van der Waals surface area contributed by atoms with Gasteiger partial charge in [-0.1, -0.05) is 12.1 Å². The quantitative estimate of drug-likeness (QED) is 0.808. The lowest BCUT2D eigenvalue weighted by Crippen LogP contribution is -2.47. The van der Waals surface area contributed by atoms with Crippen LogP contribution in [-0.2, 0) is 4.74 Å². The molecule has 1 atom stereocenters. The lowest BCUT2D eigenvalue weighted by atomic mass is 10.2. The predicted molar refractivity (Wildman–Crippen MR) is 103 cm³/mol. The number of aliphatic hydroxyl groups is 1. The molecule has 3 heterocycles. The first-order valence-corrected chi connectivity index (χ1v) is 9.54. The first-order chi connectivity index (χ1) is 12.8. The van der Waals surface area contributed by atoms with Crippen LogP contribution in [0.25, 0.3) is 10.9 Å². The molecule has 0 amide bonds. The smallest absolute Gasteiger partial charge is 0.227 e. The molecule has 4 rings (SSSR count). The van der Waals surface area contributed by atoms with Crippen LogP contribution in [0.15, 0.2) is 24.3 Å². The summed E-state index contributed by atoms with van der Waals surface area (Å²) in [5, 5.41) is 13.6. The van der Waals surface area contributed by atoms with Gasteiger partial charge in [0.05, 0.1) is 18.2 Å². The molecule has 7 nitrogen and oxygen atoms in total. The Labute approximate surface area is 154 Å². The molecule has 2 N–H and O–H groups in total. The van der Waals surface area contributed by atoms with Crippen molar-refractivity contribution >= 4 is 22.7 Å². The third-order valence-electron chi connectivity index (χ3n) is 5.18. The van der Waals surface area contributed by atoms with Gasteiger partial charge in [-0.2, -0.15) is 4.98 Å². The van der Waals surface area contributed by atoms with Crippen LogP contribution < -0.4 is 10.2 Å². The number of aromatic nitrogens is 2. The zero-order chi connectivity index (χ0) is 17.8. The lowest BCUT2D eigenvalue weighted by Gasteiger charge is -2.34. The maximum absolute atomic E-state index is 9.11. The number of benzene rings is 1. The van der Waals surface area contributed by atoms with E-state index in [1.54, 1.807) is 0 Å². The Balaban J connectivity index is 1.53.